The summed E-state index contributed by atoms with van der Waals surface area (Å²) in [6.45, 7) is 6.73. The number of carbonyl (C=O) groups excluding carboxylic acids is 1. The van der Waals surface area contributed by atoms with Gasteiger partial charge in [0.2, 0.25) is 5.78 Å². The molecule has 0 amide bonds. The smallest absolute Gasteiger partial charge is 0.214 e. The van der Waals surface area contributed by atoms with E-state index >= 15 is 0 Å². The lowest BCUT2D eigenvalue weighted by molar-refractivity contribution is -0.131. The molecule has 0 unspecified atom stereocenters. The van der Waals surface area contributed by atoms with Crippen LogP contribution < -0.4 is 0 Å². The number of ketones is 1. The number of nitrogens with zero attached hydrogens (tertiary/aromatic N) is 1. The molecule has 0 radical (unpaired) electrons. The maximum absolute atomic E-state index is 11.5. The normalized spacial score (nSPS) is 29.7. The zero-order valence-corrected chi connectivity index (χ0v) is 7.71. The van der Waals surface area contributed by atoms with Crippen LogP contribution in [0.4, 0.5) is 0 Å². The van der Waals surface area contributed by atoms with Crippen molar-refractivity contribution in [2.75, 3.05) is 0 Å². The molecule has 0 aromatic rings. The van der Waals surface area contributed by atoms with Gasteiger partial charge in [-0.2, -0.15) is 0 Å². The van der Waals surface area contributed by atoms with Crippen molar-refractivity contribution in [1.29, 1.82) is 0 Å². The maximum Gasteiger partial charge on any atom is 0.214 e. The van der Waals surface area contributed by atoms with E-state index in [-0.39, 0.29) is 11.5 Å². The Labute approximate surface area is 71.2 Å². The van der Waals surface area contributed by atoms with Crippen LogP contribution in [0, 0.1) is 0 Å². The van der Waals surface area contributed by atoms with E-state index in [1.807, 2.05) is 0 Å². The Balaban J connectivity index is 3.14. The van der Waals surface area contributed by atoms with E-state index < -0.39 is 11.2 Å². The lowest BCUT2D eigenvalue weighted by Gasteiger charge is -2.20. The summed E-state index contributed by atoms with van der Waals surface area (Å²) in [6.07, 6.45) is 0. The zero-order valence-electron chi connectivity index (χ0n) is 7.71. The highest BCUT2D eigenvalue weighted by atomic mass is 16.5. The van der Waals surface area contributed by atoms with Gasteiger partial charge in [0.25, 0.3) is 0 Å². The van der Waals surface area contributed by atoms with Gasteiger partial charge >= 0.3 is 0 Å². The average molecular weight is 171 g/mol. The van der Waals surface area contributed by atoms with Gasteiger partial charge in [-0.3, -0.25) is 4.79 Å². The first-order valence-corrected chi connectivity index (χ1v) is 3.79. The minimum absolute atomic E-state index is 0.0903. The van der Waals surface area contributed by atoms with E-state index in [1.165, 1.54) is 0 Å². The highest BCUT2D eigenvalue weighted by molar-refractivity contribution is 6.46. The van der Waals surface area contributed by atoms with Crippen molar-refractivity contribution in [3.63, 3.8) is 0 Å². The lowest BCUT2D eigenvalue weighted by Crippen LogP contribution is -2.30. The first-order valence-electron chi connectivity index (χ1n) is 3.79. The number of hydrogen-bond donors (Lipinski definition) is 1. The highest BCUT2D eigenvalue weighted by Gasteiger charge is 2.51. The third kappa shape index (κ3) is 1.12. The molecule has 0 aromatic heterocycles. The molecule has 1 rings (SSSR count). The van der Waals surface area contributed by atoms with E-state index in [2.05, 4.69) is 5.16 Å². The molecule has 0 aliphatic carbocycles. The van der Waals surface area contributed by atoms with Crippen LogP contribution in [0.1, 0.15) is 27.7 Å². The molecule has 0 bridgehead atoms. The predicted molar refractivity (Wildman–Crippen MR) is 43.5 cm³/mol. The van der Waals surface area contributed by atoms with Crippen LogP contribution >= 0.6 is 0 Å². The molecule has 68 valence electrons. The van der Waals surface area contributed by atoms with E-state index in [1.54, 1.807) is 27.7 Å². The first-order chi connectivity index (χ1) is 5.31. The molecular weight excluding hydrogens is 158 g/mol. The van der Waals surface area contributed by atoms with Gasteiger partial charge in [0.05, 0.1) is 0 Å². The highest BCUT2D eigenvalue weighted by Crippen LogP contribution is 2.31. The maximum atomic E-state index is 11.5. The van der Waals surface area contributed by atoms with Gasteiger partial charge in [-0.05, 0) is 27.7 Å². The summed E-state index contributed by atoms with van der Waals surface area (Å²) >= 11 is 0. The number of ether oxygens (including phenoxy) is 1. The first kappa shape index (κ1) is 9.19. The van der Waals surface area contributed by atoms with Crippen molar-refractivity contribution < 1.29 is 14.7 Å². The van der Waals surface area contributed by atoms with Crippen LogP contribution in [0.5, 0.6) is 0 Å². The van der Waals surface area contributed by atoms with Crippen LogP contribution in [0.3, 0.4) is 0 Å². The second-order valence-corrected chi connectivity index (χ2v) is 3.90. The van der Waals surface area contributed by atoms with Gasteiger partial charge in [0.15, 0.2) is 5.71 Å². The Morgan fingerprint density at radius 1 is 1.25 bits per heavy atom. The largest absolute Gasteiger partial charge is 0.410 e. The Kier molecular flexibility index (Phi) is 1.76. The van der Waals surface area contributed by atoms with E-state index in [0.717, 1.165) is 0 Å². The van der Waals surface area contributed by atoms with E-state index in [9.17, 15) is 4.79 Å². The zero-order chi connectivity index (χ0) is 9.57. The molecule has 0 saturated carbocycles. The molecule has 1 fully saturated rings. The second-order valence-electron chi connectivity index (χ2n) is 3.90. The molecule has 1 aliphatic rings. The van der Waals surface area contributed by atoms with Crippen molar-refractivity contribution in [3.05, 3.63) is 0 Å². The molecule has 0 spiro atoms. The van der Waals surface area contributed by atoms with Gasteiger partial charge in [0.1, 0.15) is 11.2 Å². The van der Waals surface area contributed by atoms with Gasteiger partial charge in [-0.15, -0.1) is 0 Å². The molecule has 12 heavy (non-hydrogen) atoms. The third-order valence-electron chi connectivity index (χ3n) is 1.94. The fourth-order valence-electron chi connectivity index (χ4n) is 1.46. The Morgan fingerprint density at radius 2 is 1.75 bits per heavy atom. The second kappa shape index (κ2) is 2.29. The summed E-state index contributed by atoms with van der Waals surface area (Å²) in [5.41, 5.74) is -1.56. The standard InChI is InChI=1S/C8H13NO3/c1-7(2)5(9-11)6(10)8(3,4)12-7/h11H,1-4H3/b9-5-. The van der Waals surface area contributed by atoms with Gasteiger partial charge in [0, 0.05) is 0 Å². The fraction of sp³-hybridized carbons (Fsp3) is 0.750. The van der Waals surface area contributed by atoms with Gasteiger partial charge < -0.3 is 9.94 Å². The van der Waals surface area contributed by atoms with Crippen LogP contribution in [0.15, 0.2) is 5.16 Å². The van der Waals surface area contributed by atoms with Crippen molar-refractivity contribution >= 4 is 11.5 Å². The Bertz CT molecular complexity index is 253. The average Bonchev–Trinajstić information content (AvgIpc) is 1.98. The number of carbonyl (C=O) groups is 1. The van der Waals surface area contributed by atoms with Crippen molar-refractivity contribution in [3.8, 4) is 0 Å². The lowest BCUT2D eigenvalue weighted by atomic mass is 9.97. The van der Waals surface area contributed by atoms with E-state index in [0.29, 0.717) is 0 Å². The van der Waals surface area contributed by atoms with Crippen LogP contribution in [0.2, 0.25) is 0 Å². The monoisotopic (exact) mass is 171 g/mol. The summed E-state index contributed by atoms with van der Waals surface area (Å²) in [6, 6.07) is 0. The van der Waals surface area contributed by atoms with Gasteiger partial charge in [-0.1, -0.05) is 5.16 Å². The molecule has 1 aliphatic heterocycles. The molecule has 0 atom stereocenters. The summed E-state index contributed by atoms with van der Waals surface area (Å²) in [4.78, 5) is 11.5. The Hall–Kier alpha value is -0.900. The number of hydrogen-bond acceptors (Lipinski definition) is 4. The van der Waals surface area contributed by atoms with Gasteiger partial charge in [-0.25, -0.2) is 0 Å². The fourth-order valence-corrected chi connectivity index (χ4v) is 1.46. The number of oxime groups is 1. The third-order valence-corrected chi connectivity index (χ3v) is 1.94. The summed E-state index contributed by atoms with van der Waals surface area (Å²) < 4.78 is 5.41. The number of Topliss-reactive ketones (excluding diaryl/α,β-unsaturated/α-hetero) is 1. The Morgan fingerprint density at radius 3 is 1.92 bits per heavy atom. The summed E-state index contributed by atoms with van der Waals surface area (Å²) in [7, 11) is 0. The van der Waals surface area contributed by atoms with Crippen LogP contribution in [0.25, 0.3) is 0 Å². The van der Waals surface area contributed by atoms with Crippen LogP contribution in [-0.4, -0.2) is 27.9 Å². The summed E-state index contributed by atoms with van der Waals surface area (Å²) in [5, 5.41) is 11.6. The summed E-state index contributed by atoms with van der Waals surface area (Å²) in [5.74, 6) is -0.255. The van der Waals surface area contributed by atoms with Crippen LogP contribution in [-0.2, 0) is 9.53 Å². The quantitative estimate of drug-likeness (QED) is 0.436. The van der Waals surface area contributed by atoms with Crippen molar-refractivity contribution in [2.45, 2.75) is 38.9 Å². The molecule has 0 aromatic carbocycles. The SMILES string of the molecule is CC1(C)OC(C)(C)/C(=N\O)C1=O. The molecule has 4 heteroatoms. The minimum Gasteiger partial charge on any atom is -0.410 e. The predicted octanol–water partition coefficient (Wildman–Crippen LogP) is 0.973. The molecule has 4 nitrogen and oxygen atoms in total. The molecule has 1 heterocycles. The molecule has 1 saturated heterocycles. The van der Waals surface area contributed by atoms with Crippen molar-refractivity contribution in [1.82, 2.24) is 0 Å². The molecule has 1 N–H and O–H groups in total. The minimum atomic E-state index is -0.870. The molecular formula is C8H13NO3. The van der Waals surface area contributed by atoms with Crippen molar-refractivity contribution in [2.24, 2.45) is 5.16 Å². The van der Waals surface area contributed by atoms with E-state index in [4.69, 9.17) is 9.94 Å². The number of rotatable bonds is 0. The topological polar surface area (TPSA) is 58.9 Å².